The van der Waals surface area contributed by atoms with Crippen molar-refractivity contribution in [1.29, 1.82) is 0 Å². The van der Waals surface area contributed by atoms with Gasteiger partial charge in [0.2, 0.25) is 5.91 Å². The number of phenolic OH excluding ortho intramolecular Hbond substituents is 1. The van der Waals surface area contributed by atoms with E-state index in [1.165, 1.54) is 5.56 Å². The highest BCUT2D eigenvalue weighted by molar-refractivity contribution is 5.92. The molecule has 2 aromatic rings. The quantitative estimate of drug-likeness (QED) is 0.774. The third kappa shape index (κ3) is 3.99. The van der Waals surface area contributed by atoms with Crippen LogP contribution >= 0.6 is 0 Å². The summed E-state index contributed by atoms with van der Waals surface area (Å²) in [6.45, 7) is 7.41. The molecule has 1 amide bonds. The molecule has 28 heavy (non-hydrogen) atoms. The fourth-order valence-corrected chi connectivity index (χ4v) is 4.28. The van der Waals surface area contributed by atoms with Crippen LogP contribution in [-0.2, 0) is 16.6 Å². The van der Waals surface area contributed by atoms with Gasteiger partial charge < -0.3 is 19.7 Å². The van der Waals surface area contributed by atoms with Gasteiger partial charge in [0.05, 0.1) is 18.6 Å². The number of benzene rings is 1. The number of nitrogens with one attached hydrogen (secondary N) is 1. The van der Waals surface area contributed by atoms with Crippen molar-refractivity contribution in [2.45, 2.75) is 51.1 Å². The number of aromatic hydroxyl groups is 1. The number of hydrogen-bond acceptors (Lipinski definition) is 4. The average Bonchev–Trinajstić information content (AvgIpc) is 3.20. The largest absolute Gasteiger partial charge is 0.508 e. The Morgan fingerprint density at radius 3 is 2.89 bits per heavy atom. The number of furan rings is 1. The van der Waals surface area contributed by atoms with Gasteiger partial charge in [0, 0.05) is 23.1 Å². The number of phenols is 1. The Labute approximate surface area is 167 Å². The number of hydrogen-bond donors (Lipinski definition) is 2. The van der Waals surface area contributed by atoms with E-state index in [2.05, 4.69) is 38.0 Å². The van der Waals surface area contributed by atoms with E-state index in [9.17, 15) is 9.90 Å². The summed E-state index contributed by atoms with van der Waals surface area (Å²) in [4.78, 5) is 15.0. The lowest BCUT2D eigenvalue weighted by molar-refractivity contribution is -0.118. The molecule has 1 fully saturated rings. The number of carbonyl (C=O) groups excluding carboxylic acids is 1. The summed E-state index contributed by atoms with van der Waals surface area (Å²) >= 11 is 0. The third-order valence-corrected chi connectivity index (χ3v) is 6.21. The van der Waals surface area contributed by atoms with Gasteiger partial charge in [0.25, 0.3) is 0 Å². The van der Waals surface area contributed by atoms with Gasteiger partial charge in [-0.05, 0) is 68.8 Å². The summed E-state index contributed by atoms with van der Waals surface area (Å²) in [6.07, 6.45) is 8.28. The van der Waals surface area contributed by atoms with Crippen LogP contribution in [0.1, 0.15) is 43.9 Å². The Hall–Kier alpha value is -2.53. The first-order chi connectivity index (χ1) is 13.3. The van der Waals surface area contributed by atoms with Crippen LogP contribution in [0.15, 0.2) is 47.3 Å². The van der Waals surface area contributed by atoms with E-state index in [1.54, 1.807) is 30.7 Å². The molecule has 0 aliphatic carbocycles. The summed E-state index contributed by atoms with van der Waals surface area (Å²) in [7, 11) is 2.09. The monoisotopic (exact) mass is 382 g/mol. The molecule has 0 radical (unpaired) electrons. The van der Waals surface area contributed by atoms with E-state index in [0.717, 1.165) is 30.5 Å². The predicted molar refractivity (Wildman–Crippen MR) is 111 cm³/mol. The van der Waals surface area contributed by atoms with E-state index in [0.29, 0.717) is 0 Å². The molecule has 0 saturated carbocycles. The second-order valence-corrected chi connectivity index (χ2v) is 7.96. The zero-order valence-electron chi connectivity index (χ0n) is 17.1. The zero-order chi connectivity index (χ0) is 20.3. The van der Waals surface area contributed by atoms with Gasteiger partial charge >= 0.3 is 0 Å². The fourth-order valence-electron chi connectivity index (χ4n) is 4.28. The van der Waals surface area contributed by atoms with Gasteiger partial charge in [-0.1, -0.05) is 19.9 Å². The smallest absolute Gasteiger partial charge is 0.244 e. The van der Waals surface area contributed by atoms with Gasteiger partial charge in [-0.3, -0.25) is 4.79 Å². The second-order valence-electron chi connectivity index (χ2n) is 7.96. The van der Waals surface area contributed by atoms with Crippen LogP contribution < -0.4 is 5.32 Å². The molecule has 0 unspecified atom stereocenters. The Bertz CT molecular complexity index is 844. The summed E-state index contributed by atoms with van der Waals surface area (Å²) in [6, 6.07) is 7.50. The van der Waals surface area contributed by atoms with Crippen molar-refractivity contribution < 1.29 is 14.3 Å². The van der Waals surface area contributed by atoms with E-state index in [4.69, 9.17) is 4.42 Å². The van der Waals surface area contributed by atoms with Gasteiger partial charge in [-0.2, -0.15) is 0 Å². The molecule has 150 valence electrons. The molecule has 1 aliphatic rings. The van der Waals surface area contributed by atoms with Crippen molar-refractivity contribution in [1.82, 2.24) is 10.2 Å². The van der Waals surface area contributed by atoms with E-state index >= 15 is 0 Å². The Morgan fingerprint density at radius 1 is 1.43 bits per heavy atom. The minimum atomic E-state index is -0.269. The lowest BCUT2D eigenvalue weighted by Gasteiger charge is -2.50. The van der Waals surface area contributed by atoms with Crippen LogP contribution in [0.2, 0.25) is 0 Å². The number of amides is 1. The molecular formula is C23H30N2O3. The highest BCUT2D eigenvalue weighted by Gasteiger charge is 2.45. The topological polar surface area (TPSA) is 65.7 Å². The molecular weight excluding hydrogens is 352 g/mol. The molecule has 2 heterocycles. The molecule has 3 atom stereocenters. The lowest BCUT2D eigenvalue weighted by Crippen LogP contribution is -2.63. The van der Waals surface area contributed by atoms with Gasteiger partial charge in [-0.15, -0.1) is 0 Å². The Morgan fingerprint density at radius 2 is 2.21 bits per heavy atom. The van der Waals surface area contributed by atoms with Crippen molar-refractivity contribution in [3.63, 3.8) is 0 Å². The van der Waals surface area contributed by atoms with Crippen molar-refractivity contribution in [3.05, 3.63) is 59.6 Å². The molecule has 1 saturated heterocycles. The van der Waals surface area contributed by atoms with Crippen LogP contribution in [0, 0.1) is 0 Å². The molecule has 3 rings (SSSR count). The molecule has 5 nitrogen and oxygen atoms in total. The van der Waals surface area contributed by atoms with Crippen molar-refractivity contribution in [3.8, 4) is 5.75 Å². The molecule has 2 N–H and O–H groups in total. The summed E-state index contributed by atoms with van der Waals surface area (Å²) in [5.74, 6) is 0.141. The van der Waals surface area contributed by atoms with Crippen molar-refractivity contribution in [2.75, 3.05) is 13.6 Å². The van der Waals surface area contributed by atoms with Crippen LogP contribution in [0.25, 0.3) is 6.08 Å². The van der Waals surface area contributed by atoms with E-state index < -0.39 is 0 Å². The van der Waals surface area contributed by atoms with Crippen LogP contribution in [0.3, 0.4) is 0 Å². The first kappa shape index (κ1) is 20.2. The summed E-state index contributed by atoms with van der Waals surface area (Å²) in [5.41, 5.74) is 2.92. The third-order valence-electron chi connectivity index (χ3n) is 6.21. The predicted octanol–water partition coefficient (Wildman–Crippen LogP) is 3.73. The van der Waals surface area contributed by atoms with Crippen LogP contribution in [0.5, 0.6) is 5.75 Å². The Balaban J connectivity index is 1.92. The maximum Gasteiger partial charge on any atom is 0.244 e. The molecule has 0 bridgehead atoms. The van der Waals surface area contributed by atoms with Crippen LogP contribution in [0.4, 0.5) is 0 Å². The minimum Gasteiger partial charge on any atom is -0.508 e. The maximum absolute atomic E-state index is 12.7. The molecule has 1 aliphatic heterocycles. The van der Waals surface area contributed by atoms with Gasteiger partial charge in [0.1, 0.15) is 5.75 Å². The fraction of sp³-hybridized carbons (Fsp3) is 0.435. The first-order valence-corrected chi connectivity index (χ1v) is 9.88. The Kier molecular flexibility index (Phi) is 5.94. The zero-order valence-corrected chi connectivity index (χ0v) is 17.1. The molecule has 0 spiro atoms. The number of likely N-dealkylation sites (N-methyl/N-ethyl adjacent to an activating group) is 1. The number of rotatable bonds is 5. The van der Waals surface area contributed by atoms with E-state index in [1.807, 2.05) is 18.2 Å². The molecule has 5 heteroatoms. The highest BCUT2D eigenvalue weighted by atomic mass is 16.3. The highest BCUT2D eigenvalue weighted by Crippen LogP contribution is 2.40. The van der Waals surface area contributed by atoms with Gasteiger partial charge in [0.15, 0.2) is 0 Å². The molecule has 1 aromatic carbocycles. The maximum atomic E-state index is 12.7. The second kappa shape index (κ2) is 8.23. The van der Waals surface area contributed by atoms with Crippen molar-refractivity contribution >= 4 is 12.0 Å². The number of aryl methyl sites for hydroxylation is 1. The van der Waals surface area contributed by atoms with Crippen molar-refractivity contribution in [2.24, 2.45) is 0 Å². The normalized spacial score (nSPS) is 25.9. The number of nitrogens with zero attached hydrogens (tertiary/aromatic N) is 1. The summed E-state index contributed by atoms with van der Waals surface area (Å²) < 4.78 is 5.04. The SMILES string of the molecule is CCc1ccc(O)cc1[C@@]1(C)CCN(C)[C@H](C)[C@@H]1NC(=O)/C=C/c1ccoc1. The van der Waals surface area contributed by atoms with E-state index in [-0.39, 0.29) is 29.2 Å². The molecule has 1 aromatic heterocycles. The number of piperidine rings is 1. The summed E-state index contributed by atoms with van der Waals surface area (Å²) in [5, 5.41) is 13.4. The number of carbonyl (C=O) groups is 1. The lowest BCUT2D eigenvalue weighted by atomic mass is 9.66. The number of likely N-dealkylation sites (tertiary alicyclic amines) is 1. The minimum absolute atomic E-state index is 0.0835. The van der Waals surface area contributed by atoms with Gasteiger partial charge in [-0.25, -0.2) is 0 Å². The standard InChI is InChI=1S/C23H30N2O3/c1-5-18-7-8-19(26)14-20(18)23(3)11-12-25(4)16(2)22(23)24-21(27)9-6-17-10-13-28-15-17/h6-10,13-16,22,26H,5,11-12H2,1-4H3,(H,24,27)/b9-6+/t16-,22+,23-/m1/s1. The average molecular weight is 383 g/mol. The first-order valence-electron chi connectivity index (χ1n) is 9.88. The van der Waals surface area contributed by atoms with Crippen LogP contribution in [-0.4, -0.2) is 41.6 Å².